The van der Waals surface area contributed by atoms with Crippen molar-refractivity contribution >= 4 is 5.97 Å². The monoisotopic (exact) mass is 663 g/mol. The first kappa shape index (κ1) is 46.2. The van der Waals surface area contributed by atoms with E-state index in [0.717, 1.165) is 25.7 Å². The summed E-state index contributed by atoms with van der Waals surface area (Å²) in [6.07, 6.45) is 54.7. The van der Waals surface area contributed by atoms with Crippen LogP contribution in [0.3, 0.4) is 0 Å². The molecule has 0 aromatic carbocycles. The van der Waals surface area contributed by atoms with Crippen molar-refractivity contribution in [2.24, 2.45) is 0 Å². The zero-order chi connectivity index (χ0) is 34.0. The van der Waals surface area contributed by atoms with Crippen LogP contribution in [0.4, 0.5) is 0 Å². The largest absolute Gasteiger partial charge is 0.466 e. The maximum Gasteiger partial charge on any atom is 0.305 e. The molecule has 0 bridgehead atoms. The van der Waals surface area contributed by atoms with E-state index in [-0.39, 0.29) is 5.97 Å². The smallest absolute Gasteiger partial charge is 0.305 e. The minimum absolute atomic E-state index is 0.0140. The molecule has 0 heterocycles. The van der Waals surface area contributed by atoms with E-state index in [9.17, 15) is 4.79 Å². The Morgan fingerprint density at radius 2 is 0.702 bits per heavy atom. The molecule has 0 unspecified atom stereocenters. The van der Waals surface area contributed by atoms with Gasteiger partial charge in [-0.05, 0) is 38.5 Å². The van der Waals surface area contributed by atoms with Gasteiger partial charge in [0.25, 0.3) is 0 Å². The average molecular weight is 663 g/mol. The summed E-state index contributed by atoms with van der Waals surface area (Å²) in [6, 6.07) is 0. The molecule has 0 aliphatic heterocycles. The molecule has 47 heavy (non-hydrogen) atoms. The molecule has 0 aliphatic rings. The van der Waals surface area contributed by atoms with Crippen molar-refractivity contribution in [2.45, 2.75) is 251 Å². The SMILES string of the molecule is CCCCC=CCCCCCCCC(=O)OCCCCCCCCCCCCCCCCCCCCCCCCCCCCCCO. The van der Waals surface area contributed by atoms with Crippen LogP contribution in [0.2, 0.25) is 0 Å². The first-order chi connectivity index (χ1) is 23.3. The van der Waals surface area contributed by atoms with E-state index >= 15 is 0 Å². The third kappa shape index (κ3) is 43.1. The van der Waals surface area contributed by atoms with E-state index in [1.807, 2.05) is 0 Å². The molecule has 0 spiro atoms. The van der Waals surface area contributed by atoms with Gasteiger partial charge in [0.05, 0.1) is 6.61 Å². The van der Waals surface area contributed by atoms with Gasteiger partial charge in [-0.25, -0.2) is 0 Å². The lowest BCUT2D eigenvalue weighted by Crippen LogP contribution is -2.05. The highest BCUT2D eigenvalue weighted by atomic mass is 16.5. The van der Waals surface area contributed by atoms with Gasteiger partial charge in [0, 0.05) is 13.0 Å². The molecule has 1 N–H and O–H groups in total. The maximum atomic E-state index is 11.9. The molecule has 280 valence electrons. The maximum absolute atomic E-state index is 11.9. The van der Waals surface area contributed by atoms with Gasteiger partial charge in [0.15, 0.2) is 0 Å². The number of allylic oxidation sites excluding steroid dienone is 2. The zero-order valence-corrected chi connectivity index (χ0v) is 32.2. The number of aliphatic hydroxyl groups excluding tert-OH is 1. The van der Waals surface area contributed by atoms with Gasteiger partial charge in [0.1, 0.15) is 0 Å². The van der Waals surface area contributed by atoms with Crippen molar-refractivity contribution in [3.63, 3.8) is 0 Å². The van der Waals surface area contributed by atoms with Crippen LogP contribution in [-0.4, -0.2) is 24.3 Å². The van der Waals surface area contributed by atoms with Crippen LogP contribution >= 0.6 is 0 Å². The number of unbranched alkanes of at least 4 members (excludes halogenated alkanes) is 34. The van der Waals surface area contributed by atoms with Crippen molar-refractivity contribution in [1.29, 1.82) is 0 Å². The predicted octanol–water partition coefficient (Wildman–Crippen LogP) is 14.9. The van der Waals surface area contributed by atoms with Crippen molar-refractivity contribution < 1.29 is 14.6 Å². The van der Waals surface area contributed by atoms with E-state index in [0.29, 0.717) is 19.6 Å². The fourth-order valence-electron chi connectivity index (χ4n) is 6.69. The standard InChI is InChI=1S/C44H86O3/c1-2-3-4-5-6-7-26-29-32-35-38-41-44(46)47-43-40-37-34-31-28-25-23-21-19-17-15-13-11-9-8-10-12-14-16-18-20-22-24-27-30-33-36-39-42-45/h5-6,45H,2-4,7-43H2,1H3. The molecule has 0 amide bonds. The Bertz CT molecular complexity index is 601. The first-order valence-corrected chi connectivity index (χ1v) is 21.7. The van der Waals surface area contributed by atoms with E-state index < -0.39 is 0 Å². The third-order valence-corrected chi connectivity index (χ3v) is 9.96. The molecule has 0 saturated carbocycles. The molecule has 0 aromatic heterocycles. The van der Waals surface area contributed by atoms with Gasteiger partial charge in [0.2, 0.25) is 0 Å². The number of rotatable bonds is 41. The highest BCUT2D eigenvalue weighted by Crippen LogP contribution is 2.16. The Hall–Kier alpha value is -0.830. The summed E-state index contributed by atoms with van der Waals surface area (Å²) in [5, 5.41) is 8.80. The molecule has 3 heteroatoms. The summed E-state index contributed by atoms with van der Waals surface area (Å²) in [5.41, 5.74) is 0. The van der Waals surface area contributed by atoms with Crippen LogP contribution < -0.4 is 0 Å². The highest BCUT2D eigenvalue weighted by Gasteiger charge is 2.03. The summed E-state index contributed by atoms with van der Waals surface area (Å²) < 4.78 is 5.44. The lowest BCUT2D eigenvalue weighted by atomic mass is 10.0. The normalized spacial score (nSPS) is 11.6. The van der Waals surface area contributed by atoms with E-state index in [1.54, 1.807) is 0 Å². The predicted molar refractivity (Wildman–Crippen MR) is 208 cm³/mol. The second kappa shape index (κ2) is 43.2. The number of aliphatic hydroxyl groups is 1. The molecule has 0 saturated heterocycles. The van der Waals surface area contributed by atoms with Gasteiger partial charge in [-0.2, -0.15) is 0 Å². The van der Waals surface area contributed by atoms with E-state index in [1.165, 1.54) is 212 Å². The Balaban J connectivity index is 3.13. The number of carbonyl (C=O) groups is 1. The summed E-state index contributed by atoms with van der Waals surface area (Å²) in [4.78, 5) is 11.9. The Morgan fingerprint density at radius 1 is 0.404 bits per heavy atom. The summed E-state index contributed by atoms with van der Waals surface area (Å²) in [7, 11) is 0. The average Bonchev–Trinajstić information content (AvgIpc) is 3.08. The van der Waals surface area contributed by atoms with Gasteiger partial charge in [-0.1, -0.05) is 218 Å². The number of ether oxygens (including phenoxy) is 1. The lowest BCUT2D eigenvalue weighted by molar-refractivity contribution is -0.143. The molecule has 0 fully saturated rings. The van der Waals surface area contributed by atoms with Crippen LogP contribution in [0.15, 0.2) is 12.2 Å². The number of carbonyl (C=O) groups excluding carboxylic acids is 1. The van der Waals surface area contributed by atoms with Crippen LogP contribution in [-0.2, 0) is 9.53 Å². The topological polar surface area (TPSA) is 46.5 Å². The number of hydrogen-bond acceptors (Lipinski definition) is 3. The number of hydrogen-bond donors (Lipinski definition) is 1. The summed E-state index contributed by atoms with van der Waals surface area (Å²) in [6.45, 7) is 3.23. The van der Waals surface area contributed by atoms with Crippen molar-refractivity contribution in [3.8, 4) is 0 Å². The Labute approximate surface area is 296 Å². The fraction of sp³-hybridized carbons (Fsp3) is 0.932. The molecule has 0 radical (unpaired) electrons. The Morgan fingerprint density at radius 3 is 1.06 bits per heavy atom. The minimum Gasteiger partial charge on any atom is -0.466 e. The molecular formula is C44H86O3. The van der Waals surface area contributed by atoms with Crippen molar-refractivity contribution in [2.75, 3.05) is 13.2 Å². The van der Waals surface area contributed by atoms with E-state index in [2.05, 4.69) is 19.1 Å². The molecule has 0 aromatic rings. The second-order valence-electron chi connectivity index (χ2n) is 14.8. The van der Waals surface area contributed by atoms with Crippen LogP contribution in [0.25, 0.3) is 0 Å². The molecule has 3 nitrogen and oxygen atoms in total. The van der Waals surface area contributed by atoms with E-state index in [4.69, 9.17) is 9.84 Å². The fourth-order valence-corrected chi connectivity index (χ4v) is 6.69. The van der Waals surface area contributed by atoms with Gasteiger partial charge in [-0.3, -0.25) is 4.79 Å². The van der Waals surface area contributed by atoms with Crippen LogP contribution in [0.5, 0.6) is 0 Å². The second-order valence-corrected chi connectivity index (χ2v) is 14.8. The molecule has 0 aliphatic carbocycles. The van der Waals surface area contributed by atoms with Gasteiger partial charge in [-0.15, -0.1) is 0 Å². The number of esters is 1. The third-order valence-electron chi connectivity index (χ3n) is 9.96. The quantitative estimate of drug-likeness (QED) is 0.0402. The molecule has 0 rings (SSSR count). The van der Waals surface area contributed by atoms with Crippen molar-refractivity contribution in [1.82, 2.24) is 0 Å². The lowest BCUT2D eigenvalue weighted by Gasteiger charge is -2.06. The summed E-state index contributed by atoms with van der Waals surface area (Å²) >= 11 is 0. The minimum atomic E-state index is 0.0140. The van der Waals surface area contributed by atoms with Gasteiger partial charge < -0.3 is 9.84 Å². The zero-order valence-electron chi connectivity index (χ0n) is 32.2. The summed E-state index contributed by atoms with van der Waals surface area (Å²) in [5.74, 6) is 0.0140. The van der Waals surface area contributed by atoms with Crippen LogP contribution in [0.1, 0.15) is 251 Å². The molecule has 0 atom stereocenters. The van der Waals surface area contributed by atoms with Crippen LogP contribution in [0, 0.1) is 0 Å². The van der Waals surface area contributed by atoms with Gasteiger partial charge >= 0.3 is 5.97 Å². The highest BCUT2D eigenvalue weighted by molar-refractivity contribution is 5.69. The van der Waals surface area contributed by atoms with Crippen molar-refractivity contribution in [3.05, 3.63) is 12.2 Å². The Kier molecular flexibility index (Phi) is 42.4. The molecular weight excluding hydrogens is 576 g/mol. The first-order valence-electron chi connectivity index (χ1n) is 21.7.